The third kappa shape index (κ3) is 5.12. The van der Waals surface area contributed by atoms with Crippen LogP contribution in [0.5, 0.6) is 0 Å². The van der Waals surface area contributed by atoms with Crippen molar-refractivity contribution in [2.24, 2.45) is 4.40 Å². The first kappa shape index (κ1) is 24.2. The first-order valence-corrected chi connectivity index (χ1v) is 12.3. The number of nitrogens with zero attached hydrogens (tertiary/aromatic N) is 4. The number of thiophene rings is 1. The summed E-state index contributed by atoms with van der Waals surface area (Å²) in [6.07, 6.45) is 1.25. The van der Waals surface area contributed by atoms with Crippen LogP contribution < -0.4 is 4.90 Å². The van der Waals surface area contributed by atoms with Crippen LogP contribution in [0.1, 0.15) is 15.2 Å². The van der Waals surface area contributed by atoms with Gasteiger partial charge >= 0.3 is 0 Å². The topological polar surface area (TPSA) is 91.8 Å². The highest BCUT2D eigenvalue weighted by Crippen LogP contribution is 2.42. The molecule has 174 valence electrons. The molecule has 3 rings (SSSR count). The summed E-state index contributed by atoms with van der Waals surface area (Å²) >= 11 is 1.41. The van der Waals surface area contributed by atoms with Crippen LogP contribution in [0.25, 0.3) is 11.1 Å². The molecule has 0 unspecified atom stereocenters. The monoisotopic (exact) mass is 480 g/mol. The summed E-state index contributed by atoms with van der Waals surface area (Å²) in [4.78, 5) is 22.6. The second kappa shape index (κ2) is 9.99. The maximum Gasteiger partial charge on any atom is 0.287 e. The zero-order valence-corrected chi connectivity index (χ0v) is 20.5. The van der Waals surface area contributed by atoms with Crippen LogP contribution in [-0.4, -0.2) is 85.2 Å². The lowest BCUT2D eigenvalue weighted by Crippen LogP contribution is -2.36. The molecule has 1 amide bonds. The zero-order valence-electron chi connectivity index (χ0n) is 18.9. The van der Waals surface area contributed by atoms with Crippen molar-refractivity contribution in [3.05, 3.63) is 34.7 Å². The van der Waals surface area contributed by atoms with Crippen molar-refractivity contribution in [1.82, 2.24) is 9.96 Å². The van der Waals surface area contributed by atoms with Gasteiger partial charge in [0.2, 0.25) is 0 Å². The molecule has 1 aromatic carbocycles. The first-order chi connectivity index (χ1) is 15.2. The maximum atomic E-state index is 13.0. The van der Waals surface area contributed by atoms with Gasteiger partial charge in [-0.3, -0.25) is 9.63 Å². The SMILES string of the molecule is CON(C)C(=O)c1sc(N2CCOCC2)c(C)c1-c1ccc(S(=O)(=O)N=CN(C)C)cc1. The number of amides is 1. The molecule has 2 aromatic rings. The smallest absolute Gasteiger partial charge is 0.287 e. The van der Waals surface area contributed by atoms with Crippen molar-refractivity contribution < 1.29 is 22.8 Å². The highest BCUT2D eigenvalue weighted by atomic mass is 32.2. The Kier molecular flexibility index (Phi) is 7.55. The van der Waals surface area contributed by atoms with E-state index in [-0.39, 0.29) is 10.8 Å². The standard InChI is InChI=1S/C21H28N4O5S2/c1-15-18(16-6-8-17(9-7-16)32(27,28)22-14-23(2)3)19(20(26)24(4)29-5)31-21(15)25-10-12-30-13-11-25/h6-9,14H,10-13H2,1-5H3. The van der Waals surface area contributed by atoms with Crippen LogP contribution >= 0.6 is 11.3 Å². The minimum atomic E-state index is -3.81. The molecule has 0 spiro atoms. The Hall–Kier alpha value is -2.47. The fourth-order valence-electron chi connectivity index (χ4n) is 3.30. The van der Waals surface area contributed by atoms with Crippen LogP contribution in [0.4, 0.5) is 5.00 Å². The number of anilines is 1. The van der Waals surface area contributed by atoms with Gasteiger partial charge in [-0.25, -0.2) is 5.06 Å². The molecular weight excluding hydrogens is 452 g/mol. The van der Waals surface area contributed by atoms with E-state index in [1.165, 1.54) is 42.0 Å². The Bertz CT molecular complexity index is 1090. The molecule has 0 saturated carbocycles. The molecule has 0 atom stereocenters. The summed E-state index contributed by atoms with van der Waals surface area (Å²) in [5.41, 5.74) is 2.48. The number of hydrogen-bond acceptors (Lipinski definition) is 7. The van der Waals surface area contributed by atoms with Crippen LogP contribution in [-0.2, 0) is 19.6 Å². The van der Waals surface area contributed by atoms with Gasteiger partial charge in [0.25, 0.3) is 15.9 Å². The van der Waals surface area contributed by atoms with E-state index in [9.17, 15) is 13.2 Å². The fraction of sp³-hybridized carbons (Fsp3) is 0.429. The van der Waals surface area contributed by atoms with Crippen LogP contribution in [0.3, 0.4) is 0 Å². The van der Waals surface area contributed by atoms with Crippen LogP contribution in [0.2, 0.25) is 0 Å². The van der Waals surface area contributed by atoms with Gasteiger partial charge in [-0.1, -0.05) is 12.1 Å². The Morgan fingerprint density at radius 1 is 1.19 bits per heavy atom. The van der Waals surface area contributed by atoms with E-state index < -0.39 is 10.0 Å². The second-order valence-corrected chi connectivity index (χ2v) is 10.1. The minimum Gasteiger partial charge on any atom is -0.378 e. The summed E-state index contributed by atoms with van der Waals surface area (Å²) in [5, 5.41) is 2.19. The summed E-state index contributed by atoms with van der Waals surface area (Å²) in [6, 6.07) is 6.44. The van der Waals surface area contributed by atoms with Crippen molar-refractivity contribution in [2.75, 3.05) is 59.5 Å². The van der Waals surface area contributed by atoms with Gasteiger partial charge in [0.15, 0.2) is 0 Å². The molecule has 9 nitrogen and oxygen atoms in total. The molecule has 32 heavy (non-hydrogen) atoms. The van der Waals surface area contributed by atoms with E-state index in [0.717, 1.165) is 34.8 Å². The van der Waals surface area contributed by atoms with Gasteiger partial charge in [-0.05, 0) is 30.2 Å². The number of carbonyl (C=O) groups excluding carboxylic acids is 1. The zero-order chi connectivity index (χ0) is 23.5. The van der Waals surface area contributed by atoms with E-state index in [4.69, 9.17) is 9.57 Å². The molecule has 1 fully saturated rings. The molecule has 11 heteroatoms. The predicted octanol–water partition coefficient (Wildman–Crippen LogP) is 2.47. The third-order valence-electron chi connectivity index (χ3n) is 5.03. The molecule has 0 bridgehead atoms. The fourth-order valence-corrected chi connectivity index (χ4v) is 5.57. The van der Waals surface area contributed by atoms with E-state index in [2.05, 4.69) is 9.30 Å². The number of hydroxylamine groups is 2. The number of hydrogen-bond donors (Lipinski definition) is 0. The van der Waals surface area contributed by atoms with E-state index >= 15 is 0 Å². The molecule has 1 aliphatic rings. The maximum absolute atomic E-state index is 13.0. The molecular formula is C21H28N4O5S2. The summed E-state index contributed by atoms with van der Waals surface area (Å²) in [6.45, 7) is 4.74. The van der Waals surface area contributed by atoms with Gasteiger partial charge < -0.3 is 14.5 Å². The molecule has 0 N–H and O–H groups in total. The Balaban J connectivity index is 2.05. The van der Waals surface area contributed by atoms with E-state index in [1.807, 2.05) is 6.92 Å². The van der Waals surface area contributed by atoms with Crippen LogP contribution in [0.15, 0.2) is 33.6 Å². The van der Waals surface area contributed by atoms with E-state index in [0.29, 0.717) is 18.1 Å². The molecule has 0 aliphatic carbocycles. The second-order valence-electron chi connectivity index (χ2n) is 7.50. The lowest BCUT2D eigenvalue weighted by Gasteiger charge is -2.28. The summed E-state index contributed by atoms with van der Waals surface area (Å²) < 4.78 is 34.0. The lowest BCUT2D eigenvalue weighted by molar-refractivity contribution is -0.0753. The Morgan fingerprint density at radius 2 is 1.81 bits per heavy atom. The quantitative estimate of drug-likeness (QED) is 0.342. The van der Waals surface area contributed by atoms with Gasteiger partial charge in [0.1, 0.15) is 11.2 Å². The minimum absolute atomic E-state index is 0.0857. The average Bonchev–Trinajstić information content (AvgIpc) is 3.14. The first-order valence-electron chi connectivity index (χ1n) is 10.0. The number of rotatable bonds is 7. The Labute approximate surface area is 192 Å². The number of ether oxygens (including phenoxy) is 1. The van der Waals surface area contributed by atoms with E-state index in [1.54, 1.807) is 38.2 Å². The number of sulfonamides is 1. The molecule has 0 radical (unpaired) electrons. The number of carbonyl (C=O) groups is 1. The van der Waals surface area contributed by atoms with Crippen molar-refractivity contribution in [2.45, 2.75) is 11.8 Å². The number of morpholine rings is 1. The predicted molar refractivity (Wildman–Crippen MR) is 126 cm³/mol. The Morgan fingerprint density at radius 3 is 2.38 bits per heavy atom. The van der Waals surface area contributed by atoms with Gasteiger partial charge in [0, 0.05) is 39.8 Å². The van der Waals surface area contributed by atoms with Crippen LogP contribution in [0, 0.1) is 6.92 Å². The molecule has 1 aliphatic heterocycles. The normalized spacial score (nSPS) is 14.7. The largest absolute Gasteiger partial charge is 0.378 e. The molecule has 1 saturated heterocycles. The van der Waals surface area contributed by atoms with Crippen molar-refractivity contribution >= 4 is 38.6 Å². The van der Waals surface area contributed by atoms with Gasteiger partial charge in [-0.15, -0.1) is 15.7 Å². The summed E-state index contributed by atoms with van der Waals surface area (Å²) in [7, 11) is 2.59. The highest BCUT2D eigenvalue weighted by molar-refractivity contribution is 7.90. The number of benzene rings is 1. The van der Waals surface area contributed by atoms with Gasteiger partial charge in [0.05, 0.1) is 30.2 Å². The van der Waals surface area contributed by atoms with Crippen molar-refractivity contribution in [1.29, 1.82) is 0 Å². The van der Waals surface area contributed by atoms with Crippen molar-refractivity contribution in [3.63, 3.8) is 0 Å². The summed E-state index contributed by atoms with van der Waals surface area (Å²) in [5.74, 6) is -0.262. The third-order valence-corrected chi connectivity index (χ3v) is 7.61. The molecule has 2 heterocycles. The van der Waals surface area contributed by atoms with Crippen molar-refractivity contribution in [3.8, 4) is 11.1 Å². The lowest BCUT2D eigenvalue weighted by atomic mass is 10.0. The average molecular weight is 481 g/mol. The molecule has 1 aromatic heterocycles. The van der Waals surface area contributed by atoms with Gasteiger partial charge in [-0.2, -0.15) is 8.42 Å². The highest BCUT2D eigenvalue weighted by Gasteiger charge is 2.27.